The molecule has 5 aromatic rings. The van der Waals surface area contributed by atoms with Crippen LogP contribution in [0.1, 0.15) is 10.4 Å². The van der Waals surface area contributed by atoms with Crippen LogP contribution in [0.5, 0.6) is 0 Å². The number of hydrogen-bond acceptors (Lipinski definition) is 5. The first-order chi connectivity index (χ1) is 15.3. The minimum absolute atomic E-state index is 0.206. The summed E-state index contributed by atoms with van der Waals surface area (Å²) >= 11 is 0. The van der Waals surface area contributed by atoms with Gasteiger partial charge >= 0.3 is 0 Å². The lowest BCUT2D eigenvalue weighted by Gasteiger charge is -2.10. The Balaban J connectivity index is 1.37. The van der Waals surface area contributed by atoms with E-state index in [2.05, 4.69) is 31.0 Å². The summed E-state index contributed by atoms with van der Waals surface area (Å²) in [7, 11) is 0. The van der Waals surface area contributed by atoms with E-state index in [1.165, 1.54) is 0 Å². The van der Waals surface area contributed by atoms with Gasteiger partial charge in [0.25, 0.3) is 5.91 Å². The average molecular weight is 407 g/mol. The van der Waals surface area contributed by atoms with E-state index < -0.39 is 0 Å². The Morgan fingerprint density at radius 3 is 2.48 bits per heavy atom. The van der Waals surface area contributed by atoms with Gasteiger partial charge in [0.1, 0.15) is 0 Å². The number of rotatable bonds is 5. The van der Waals surface area contributed by atoms with Crippen LogP contribution >= 0.6 is 0 Å². The maximum atomic E-state index is 12.8. The molecule has 0 aliphatic rings. The quantitative estimate of drug-likeness (QED) is 0.459. The third-order valence-electron chi connectivity index (χ3n) is 4.81. The van der Waals surface area contributed by atoms with Crippen molar-refractivity contribution in [2.24, 2.45) is 0 Å². The van der Waals surface area contributed by atoms with Crippen molar-refractivity contribution < 1.29 is 4.79 Å². The Morgan fingerprint density at radius 1 is 0.871 bits per heavy atom. The van der Waals surface area contributed by atoms with Crippen LogP contribution in [-0.4, -0.2) is 36.3 Å². The summed E-state index contributed by atoms with van der Waals surface area (Å²) in [5.41, 5.74) is 4.83. The van der Waals surface area contributed by atoms with Crippen LogP contribution < -0.4 is 5.32 Å². The van der Waals surface area contributed by atoms with Crippen LogP contribution in [0.4, 0.5) is 5.69 Å². The van der Waals surface area contributed by atoms with E-state index >= 15 is 0 Å². The van der Waals surface area contributed by atoms with Crippen molar-refractivity contribution >= 4 is 11.6 Å². The van der Waals surface area contributed by atoms with Crippen molar-refractivity contribution in [3.63, 3.8) is 0 Å². The average Bonchev–Trinajstić information content (AvgIpc) is 3.53. The number of nitrogens with one attached hydrogen (secondary N) is 2. The smallest absolute Gasteiger partial charge is 0.255 e. The van der Waals surface area contributed by atoms with Gasteiger partial charge in [-0.3, -0.25) is 4.79 Å². The molecule has 150 valence electrons. The largest absolute Gasteiger partial charge is 0.322 e. The van der Waals surface area contributed by atoms with E-state index in [0.717, 1.165) is 22.5 Å². The molecule has 8 nitrogen and oxygen atoms in total. The van der Waals surface area contributed by atoms with Crippen LogP contribution in [0.25, 0.3) is 28.3 Å². The van der Waals surface area contributed by atoms with E-state index in [9.17, 15) is 4.79 Å². The lowest BCUT2D eigenvalue weighted by molar-refractivity contribution is 0.102. The molecule has 31 heavy (non-hydrogen) atoms. The first-order valence-electron chi connectivity index (χ1n) is 9.63. The van der Waals surface area contributed by atoms with Crippen molar-refractivity contribution in [1.82, 2.24) is 30.4 Å². The number of amides is 1. The maximum Gasteiger partial charge on any atom is 0.255 e. The summed E-state index contributed by atoms with van der Waals surface area (Å²) in [5, 5.41) is 21.2. The summed E-state index contributed by atoms with van der Waals surface area (Å²) < 4.78 is 1.83. The Bertz CT molecular complexity index is 1310. The predicted octanol–water partition coefficient (Wildman–Crippen LogP) is 3.97. The first-order valence-corrected chi connectivity index (χ1v) is 9.63. The highest BCUT2D eigenvalue weighted by Crippen LogP contribution is 2.23. The first kappa shape index (κ1) is 18.4. The molecule has 0 saturated carbocycles. The van der Waals surface area contributed by atoms with Gasteiger partial charge in [0, 0.05) is 22.4 Å². The van der Waals surface area contributed by atoms with E-state index in [1.54, 1.807) is 24.4 Å². The van der Waals surface area contributed by atoms with Crippen molar-refractivity contribution in [2.45, 2.75) is 0 Å². The third kappa shape index (κ3) is 3.82. The molecular weight excluding hydrogens is 390 g/mol. The van der Waals surface area contributed by atoms with Gasteiger partial charge in [0.05, 0.1) is 17.6 Å². The van der Waals surface area contributed by atoms with E-state index in [0.29, 0.717) is 17.1 Å². The SMILES string of the molecule is O=C(Nc1ccc(-c2nn[nH]n2)cc1)c1cccc(-n2nccc2-c2ccccc2)c1. The van der Waals surface area contributed by atoms with Gasteiger partial charge in [-0.2, -0.15) is 10.3 Å². The molecule has 0 atom stereocenters. The molecule has 2 heterocycles. The standard InChI is InChI=1S/C23H17N7O/c31-23(25-19-11-9-17(10-12-19)22-26-28-29-27-22)18-7-4-8-20(15-18)30-21(13-14-24-30)16-5-2-1-3-6-16/h1-15H,(H,25,31)(H,26,27,28,29). The highest BCUT2D eigenvalue weighted by Gasteiger charge is 2.11. The number of anilines is 1. The lowest BCUT2D eigenvalue weighted by Crippen LogP contribution is -2.12. The molecule has 8 heteroatoms. The Morgan fingerprint density at radius 2 is 1.71 bits per heavy atom. The molecule has 2 aromatic heterocycles. The predicted molar refractivity (Wildman–Crippen MR) is 117 cm³/mol. The molecule has 0 spiro atoms. The topological polar surface area (TPSA) is 101 Å². The molecule has 0 aliphatic heterocycles. The van der Waals surface area contributed by atoms with E-state index in [-0.39, 0.29) is 5.91 Å². The number of benzene rings is 3. The number of carbonyl (C=O) groups is 1. The monoisotopic (exact) mass is 407 g/mol. The number of hydrogen-bond donors (Lipinski definition) is 2. The van der Waals surface area contributed by atoms with Crippen molar-refractivity contribution in [3.05, 3.63) is 96.7 Å². The normalized spacial score (nSPS) is 10.7. The Hall–Kier alpha value is -4.59. The highest BCUT2D eigenvalue weighted by atomic mass is 16.1. The second-order valence-corrected chi connectivity index (χ2v) is 6.81. The van der Waals surface area contributed by atoms with Crippen LogP contribution in [0, 0.1) is 0 Å². The van der Waals surface area contributed by atoms with Gasteiger partial charge in [-0.15, -0.1) is 10.2 Å². The number of carbonyl (C=O) groups excluding carboxylic acids is 1. The molecular formula is C23H17N7O. The third-order valence-corrected chi connectivity index (χ3v) is 4.81. The molecule has 0 saturated heterocycles. The molecule has 2 N–H and O–H groups in total. The fourth-order valence-electron chi connectivity index (χ4n) is 3.31. The minimum atomic E-state index is -0.206. The van der Waals surface area contributed by atoms with Crippen LogP contribution in [0.3, 0.4) is 0 Å². The molecule has 1 amide bonds. The number of tetrazole rings is 1. The van der Waals surface area contributed by atoms with Gasteiger partial charge in [-0.1, -0.05) is 36.4 Å². The second-order valence-electron chi connectivity index (χ2n) is 6.81. The molecule has 0 fully saturated rings. The van der Waals surface area contributed by atoms with E-state index in [1.807, 2.05) is 71.4 Å². The van der Waals surface area contributed by atoms with Gasteiger partial charge in [-0.25, -0.2) is 4.68 Å². The summed E-state index contributed by atoms with van der Waals surface area (Å²) in [6, 6.07) is 26.6. The Kier molecular flexibility index (Phi) is 4.78. The van der Waals surface area contributed by atoms with Crippen molar-refractivity contribution in [2.75, 3.05) is 5.32 Å². The van der Waals surface area contributed by atoms with Crippen LogP contribution in [-0.2, 0) is 0 Å². The highest BCUT2D eigenvalue weighted by molar-refractivity contribution is 6.04. The zero-order chi connectivity index (χ0) is 21.0. The fraction of sp³-hybridized carbons (Fsp3) is 0. The Labute approximate surface area is 177 Å². The zero-order valence-electron chi connectivity index (χ0n) is 16.3. The summed E-state index contributed by atoms with van der Waals surface area (Å²) in [6.45, 7) is 0. The van der Waals surface area contributed by atoms with Gasteiger partial charge < -0.3 is 5.32 Å². The molecule has 0 radical (unpaired) electrons. The maximum absolute atomic E-state index is 12.8. The van der Waals surface area contributed by atoms with Crippen LogP contribution in [0.2, 0.25) is 0 Å². The molecule has 0 bridgehead atoms. The molecule has 0 unspecified atom stereocenters. The van der Waals surface area contributed by atoms with Gasteiger partial charge in [0.15, 0.2) is 0 Å². The molecule has 5 rings (SSSR count). The number of aromatic amines is 1. The lowest BCUT2D eigenvalue weighted by atomic mass is 10.1. The zero-order valence-corrected chi connectivity index (χ0v) is 16.3. The summed E-state index contributed by atoms with van der Waals surface area (Å²) in [5.74, 6) is 0.293. The second kappa shape index (κ2) is 8.03. The van der Waals surface area contributed by atoms with Gasteiger partial charge in [0.2, 0.25) is 5.82 Å². The fourth-order valence-corrected chi connectivity index (χ4v) is 3.31. The summed E-state index contributed by atoms with van der Waals surface area (Å²) in [6.07, 6.45) is 1.75. The number of aromatic nitrogens is 6. The van der Waals surface area contributed by atoms with Crippen molar-refractivity contribution in [1.29, 1.82) is 0 Å². The number of H-pyrrole nitrogens is 1. The number of nitrogens with zero attached hydrogens (tertiary/aromatic N) is 5. The van der Waals surface area contributed by atoms with Crippen molar-refractivity contribution in [3.8, 4) is 28.3 Å². The molecule has 0 aliphatic carbocycles. The van der Waals surface area contributed by atoms with E-state index in [4.69, 9.17) is 0 Å². The minimum Gasteiger partial charge on any atom is -0.322 e. The van der Waals surface area contributed by atoms with Crippen LogP contribution in [0.15, 0.2) is 91.1 Å². The molecule has 3 aromatic carbocycles. The summed E-state index contributed by atoms with van der Waals surface area (Å²) in [4.78, 5) is 12.8. The van der Waals surface area contributed by atoms with Gasteiger partial charge in [-0.05, 0) is 53.7 Å².